The van der Waals surface area contributed by atoms with Crippen LogP contribution in [0.2, 0.25) is 5.02 Å². The summed E-state index contributed by atoms with van der Waals surface area (Å²) in [5, 5.41) is 24.8. The van der Waals surface area contributed by atoms with E-state index in [1.165, 1.54) is 10.8 Å². The maximum Gasteiger partial charge on any atom is 0.320 e. The van der Waals surface area contributed by atoms with Crippen LogP contribution in [-0.2, 0) is 11.3 Å². The van der Waals surface area contributed by atoms with Crippen LogP contribution in [0.4, 0.5) is 10.5 Å². The fourth-order valence-corrected chi connectivity index (χ4v) is 3.38. The average molecular weight is 460 g/mol. The molecule has 2 heterocycles. The van der Waals surface area contributed by atoms with E-state index < -0.39 is 30.0 Å². The summed E-state index contributed by atoms with van der Waals surface area (Å²) in [6.45, 7) is 3.40. The standard InChI is InChI=1S/C22H22ClN3O6/c1-12-10-26(11-14-5-3-4-6-15(14)23)21(30)19(20(12)29)25-22(31)24-16(9-18(27)28)17-8-7-13(2)32-17/h3-8,10,16,29H,9,11H2,1-2H3,(H,27,28)(H2,24,25,31). The van der Waals surface area contributed by atoms with Crippen molar-refractivity contribution in [2.45, 2.75) is 32.9 Å². The number of carboxylic acid groups (broad SMARTS) is 1. The van der Waals surface area contributed by atoms with Gasteiger partial charge in [-0.05, 0) is 37.6 Å². The predicted octanol–water partition coefficient (Wildman–Crippen LogP) is 3.80. The molecule has 0 radical (unpaired) electrons. The highest BCUT2D eigenvalue weighted by molar-refractivity contribution is 6.31. The molecule has 1 atom stereocenters. The second-order valence-electron chi connectivity index (χ2n) is 7.26. The molecule has 0 bridgehead atoms. The number of aromatic nitrogens is 1. The van der Waals surface area contributed by atoms with Gasteiger partial charge in [-0.2, -0.15) is 0 Å². The number of carboxylic acids is 1. The number of hydrogen-bond donors (Lipinski definition) is 4. The molecule has 10 heteroatoms. The third kappa shape index (κ3) is 5.30. The number of carbonyl (C=O) groups is 2. The lowest BCUT2D eigenvalue weighted by molar-refractivity contribution is -0.137. The van der Waals surface area contributed by atoms with Gasteiger partial charge in [0.1, 0.15) is 17.3 Å². The van der Waals surface area contributed by atoms with Gasteiger partial charge in [0.2, 0.25) is 0 Å². The number of rotatable bonds is 7. The summed E-state index contributed by atoms with van der Waals surface area (Å²) < 4.78 is 6.74. The number of hydrogen-bond acceptors (Lipinski definition) is 5. The third-order valence-electron chi connectivity index (χ3n) is 4.76. The van der Waals surface area contributed by atoms with E-state index in [9.17, 15) is 19.5 Å². The first-order valence-corrected chi connectivity index (χ1v) is 10.1. The van der Waals surface area contributed by atoms with Gasteiger partial charge in [-0.25, -0.2) is 4.79 Å². The molecule has 2 aromatic heterocycles. The molecule has 0 aliphatic carbocycles. The van der Waals surface area contributed by atoms with Crippen LogP contribution in [0.15, 0.2) is 51.8 Å². The molecule has 9 nitrogen and oxygen atoms in total. The van der Waals surface area contributed by atoms with Crippen molar-refractivity contribution < 1.29 is 24.2 Å². The average Bonchev–Trinajstić information content (AvgIpc) is 3.16. The van der Waals surface area contributed by atoms with Gasteiger partial charge in [-0.3, -0.25) is 9.59 Å². The molecule has 0 fully saturated rings. The minimum absolute atomic E-state index is 0.128. The number of pyridine rings is 1. The number of nitrogens with zero attached hydrogens (tertiary/aromatic N) is 1. The molecule has 0 spiro atoms. The fraction of sp³-hybridized carbons (Fsp3) is 0.227. The van der Waals surface area contributed by atoms with Crippen LogP contribution in [0.1, 0.15) is 35.1 Å². The number of urea groups is 1. The van der Waals surface area contributed by atoms with Gasteiger partial charge >= 0.3 is 12.0 Å². The lowest BCUT2D eigenvalue weighted by atomic mass is 10.1. The van der Waals surface area contributed by atoms with Crippen molar-refractivity contribution in [1.29, 1.82) is 0 Å². The van der Waals surface area contributed by atoms with Crippen molar-refractivity contribution in [1.82, 2.24) is 9.88 Å². The molecule has 3 rings (SSSR count). The normalized spacial score (nSPS) is 11.7. The summed E-state index contributed by atoms with van der Waals surface area (Å²) in [7, 11) is 0. The van der Waals surface area contributed by atoms with Gasteiger partial charge in [-0.15, -0.1) is 0 Å². The number of carbonyl (C=O) groups excluding carboxylic acids is 1. The molecule has 1 unspecified atom stereocenters. The Morgan fingerprint density at radius 3 is 2.53 bits per heavy atom. The number of aromatic hydroxyl groups is 1. The molecular formula is C22H22ClN3O6. The van der Waals surface area contributed by atoms with Gasteiger partial charge in [0.25, 0.3) is 5.56 Å². The summed E-state index contributed by atoms with van der Waals surface area (Å²) in [5.74, 6) is -0.727. The molecule has 2 amide bonds. The Morgan fingerprint density at radius 2 is 1.91 bits per heavy atom. The Hall–Kier alpha value is -3.72. The summed E-state index contributed by atoms with van der Waals surface area (Å²) >= 11 is 6.18. The Labute approximate surface area is 188 Å². The number of halogens is 1. The van der Waals surface area contributed by atoms with E-state index in [4.69, 9.17) is 21.1 Å². The molecule has 0 aliphatic heterocycles. The lowest BCUT2D eigenvalue weighted by Crippen LogP contribution is -2.36. The fourth-order valence-electron chi connectivity index (χ4n) is 3.18. The van der Waals surface area contributed by atoms with Crippen LogP contribution in [0.5, 0.6) is 5.75 Å². The Kier molecular flexibility index (Phi) is 6.89. The summed E-state index contributed by atoms with van der Waals surface area (Å²) in [6, 6.07) is 8.37. The van der Waals surface area contributed by atoms with E-state index in [0.717, 1.165) is 0 Å². The zero-order valence-electron chi connectivity index (χ0n) is 17.4. The van der Waals surface area contributed by atoms with Crippen molar-refractivity contribution in [3.05, 3.63) is 80.6 Å². The van der Waals surface area contributed by atoms with Crippen molar-refractivity contribution in [3.63, 3.8) is 0 Å². The van der Waals surface area contributed by atoms with Crippen molar-refractivity contribution in [2.24, 2.45) is 0 Å². The molecule has 1 aromatic carbocycles. The third-order valence-corrected chi connectivity index (χ3v) is 5.13. The summed E-state index contributed by atoms with van der Waals surface area (Å²) in [5.41, 5.74) is 0.0632. The molecule has 0 saturated heterocycles. The van der Waals surface area contributed by atoms with Gasteiger partial charge < -0.3 is 29.8 Å². The minimum atomic E-state index is -1.15. The van der Waals surface area contributed by atoms with Crippen LogP contribution < -0.4 is 16.2 Å². The molecule has 168 valence electrons. The number of amides is 2. The molecule has 32 heavy (non-hydrogen) atoms. The largest absolute Gasteiger partial charge is 0.505 e. The van der Waals surface area contributed by atoms with E-state index in [1.54, 1.807) is 50.2 Å². The van der Waals surface area contributed by atoms with E-state index in [2.05, 4.69) is 10.6 Å². The van der Waals surface area contributed by atoms with Gasteiger partial charge in [0.15, 0.2) is 5.69 Å². The number of aliphatic carboxylic acids is 1. The smallest absolute Gasteiger partial charge is 0.320 e. The lowest BCUT2D eigenvalue weighted by Gasteiger charge is -2.17. The summed E-state index contributed by atoms with van der Waals surface area (Å²) in [6.07, 6.45) is 1.03. The van der Waals surface area contributed by atoms with E-state index in [1.807, 2.05) is 0 Å². The van der Waals surface area contributed by atoms with Crippen LogP contribution >= 0.6 is 11.6 Å². The Balaban J connectivity index is 1.86. The van der Waals surface area contributed by atoms with Crippen molar-refractivity contribution in [2.75, 3.05) is 5.32 Å². The van der Waals surface area contributed by atoms with E-state index >= 15 is 0 Å². The molecule has 0 saturated carbocycles. The highest BCUT2D eigenvalue weighted by atomic mass is 35.5. The first kappa shape index (κ1) is 23.0. The maximum atomic E-state index is 12.9. The van der Waals surface area contributed by atoms with Gasteiger partial charge in [0, 0.05) is 16.8 Å². The number of furan rings is 1. The number of anilines is 1. The number of aryl methyl sites for hydroxylation is 2. The van der Waals surface area contributed by atoms with Crippen LogP contribution in [0, 0.1) is 13.8 Å². The highest BCUT2D eigenvalue weighted by Gasteiger charge is 2.23. The summed E-state index contributed by atoms with van der Waals surface area (Å²) in [4.78, 5) is 36.7. The highest BCUT2D eigenvalue weighted by Crippen LogP contribution is 2.25. The number of nitrogens with one attached hydrogen (secondary N) is 2. The predicted molar refractivity (Wildman–Crippen MR) is 118 cm³/mol. The molecule has 3 aromatic rings. The first-order chi connectivity index (χ1) is 15.2. The van der Waals surface area contributed by atoms with Crippen LogP contribution in [-0.4, -0.2) is 26.8 Å². The quantitative estimate of drug-likeness (QED) is 0.424. The monoisotopic (exact) mass is 459 g/mol. The number of benzene rings is 1. The van der Waals surface area contributed by atoms with E-state index in [-0.39, 0.29) is 23.7 Å². The van der Waals surface area contributed by atoms with Crippen LogP contribution in [0.3, 0.4) is 0 Å². The maximum absolute atomic E-state index is 12.9. The first-order valence-electron chi connectivity index (χ1n) is 9.67. The van der Waals surface area contributed by atoms with Gasteiger partial charge in [0.05, 0.1) is 19.0 Å². The zero-order valence-corrected chi connectivity index (χ0v) is 18.1. The van der Waals surface area contributed by atoms with Crippen molar-refractivity contribution >= 4 is 29.3 Å². The van der Waals surface area contributed by atoms with Crippen LogP contribution in [0.25, 0.3) is 0 Å². The minimum Gasteiger partial charge on any atom is -0.505 e. The van der Waals surface area contributed by atoms with Gasteiger partial charge in [-0.1, -0.05) is 29.8 Å². The van der Waals surface area contributed by atoms with Crippen molar-refractivity contribution in [3.8, 4) is 5.75 Å². The Bertz CT molecular complexity index is 1220. The van der Waals surface area contributed by atoms with E-state index in [0.29, 0.717) is 21.9 Å². The molecule has 0 aliphatic rings. The topological polar surface area (TPSA) is 134 Å². The second kappa shape index (κ2) is 9.61. The Morgan fingerprint density at radius 1 is 1.19 bits per heavy atom. The molecule has 4 N–H and O–H groups in total. The zero-order chi connectivity index (χ0) is 23.4. The second-order valence-corrected chi connectivity index (χ2v) is 7.66. The molecular weight excluding hydrogens is 438 g/mol. The SMILES string of the molecule is Cc1ccc(C(CC(=O)O)NC(=O)Nc2c(O)c(C)cn(Cc3ccccc3Cl)c2=O)o1.